The van der Waals surface area contributed by atoms with Crippen LogP contribution in [0.1, 0.15) is 40.5 Å². The maximum Gasteiger partial charge on any atom is 0.0729 e. The van der Waals surface area contributed by atoms with Gasteiger partial charge in [0.1, 0.15) is 0 Å². The molecule has 1 unspecified atom stereocenters. The number of aliphatic hydroxyl groups excluding tert-OH is 1. The van der Waals surface area contributed by atoms with E-state index in [1.807, 2.05) is 13.8 Å². The Morgan fingerprint density at radius 2 is 1.86 bits per heavy atom. The second-order valence-electron chi connectivity index (χ2n) is 4.82. The average Bonchev–Trinajstić information content (AvgIpc) is 2.15. The summed E-state index contributed by atoms with van der Waals surface area (Å²) < 4.78 is 5.38. The number of hydrogen-bond acceptors (Lipinski definition) is 2. The fraction of sp³-hybridized carbons (Fsp3) is 1.00. The van der Waals surface area contributed by atoms with Crippen LogP contribution in [0, 0.1) is 5.41 Å². The molecule has 0 aromatic rings. The minimum atomic E-state index is -0.469. The predicted octanol–water partition coefficient (Wildman–Crippen LogP) is 2.82. The van der Waals surface area contributed by atoms with Gasteiger partial charge in [0, 0.05) is 13.0 Å². The minimum Gasteiger partial charge on any atom is -0.391 e. The Hall–Kier alpha value is 0.210. The molecule has 2 nitrogen and oxygen atoms in total. The molecule has 1 N–H and O–H groups in total. The molecule has 0 radical (unpaired) electrons. The summed E-state index contributed by atoms with van der Waals surface area (Å²) in [6.07, 6.45) is 1.23. The van der Waals surface area contributed by atoms with Crippen LogP contribution in [0.15, 0.2) is 0 Å². The van der Waals surface area contributed by atoms with Crippen molar-refractivity contribution >= 4 is 11.6 Å². The van der Waals surface area contributed by atoms with Crippen molar-refractivity contribution in [3.05, 3.63) is 0 Å². The van der Waals surface area contributed by atoms with Crippen LogP contribution in [-0.4, -0.2) is 29.8 Å². The Morgan fingerprint density at radius 1 is 1.36 bits per heavy atom. The zero-order valence-electron chi connectivity index (χ0n) is 9.93. The fourth-order valence-electron chi connectivity index (χ4n) is 1.71. The van der Waals surface area contributed by atoms with Crippen LogP contribution >= 0.6 is 11.6 Å². The molecular weight excluding hydrogens is 200 g/mol. The predicted molar refractivity (Wildman–Crippen MR) is 60.8 cm³/mol. The molecule has 0 aliphatic carbocycles. The second kappa shape index (κ2) is 5.34. The highest BCUT2D eigenvalue weighted by molar-refractivity contribution is 6.18. The van der Waals surface area contributed by atoms with Gasteiger partial charge in [0.15, 0.2) is 0 Å². The van der Waals surface area contributed by atoms with Crippen molar-refractivity contribution in [2.75, 3.05) is 13.0 Å². The number of methoxy groups -OCH3 is 1. The Bertz CT molecular complexity index is 171. The Labute approximate surface area is 92.6 Å². The minimum absolute atomic E-state index is 0.165. The summed E-state index contributed by atoms with van der Waals surface area (Å²) in [6.45, 7) is 8.19. The summed E-state index contributed by atoms with van der Waals surface area (Å²) >= 11 is 5.70. The van der Waals surface area contributed by atoms with E-state index in [-0.39, 0.29) is 16.9 Å². The van der Waals surface area contributed by atoms with Gasteiger partial charge in [-0.05, 0) is 32.1 Å². The monoisotopic (exact) mass is 222 g/mol. The molecule has 3 heteroatoms. The van der Waals surface area contributed by atoms with Crippen molar-refractivity contribution in [1.29, 1.82) is 0 Å². The van der Waals surface area contributed by atoms with Gasteiger partial charge in [0.25, 0.3) is 0 Å². The fourth-order valence-corrected chi connectivity index (χ4v) is 2.08. The summed E-state index contributed by atoms with van der Waals surface area (Å²) in [7, 11) is 1.70. The highest BCUT2D eigenvalue weighted by Gasteiger charge is 2.36. The first-order chi connectivity index (χ1) is 6.31. The largest absolute Gasteiger partial charge is 0.391 e. The molecule has 0 spiro atoms. The summed E-state index contributed by atoms with van der Waals surface area (Å²) in [6, 6.07) is 0. The van der Waals surface area contributed by atoms with Crippen molar-refractivity contribution in [2.45, 2.75) is 52.2 Å². The van der Waals surface area contributed by atoms with Gasteiger partial charge in [-0.2, -0.15) is 0 Å². The number of alkyl halides is 1. The van der Waals surface area contributed by atoms with Gasteiger partial charge in [-0.3, -0.25) is 0 Å². The van der Waals surface area contributed by atoms with Gasteiger partial charge in [0.05, 0.1) is 11.7 Å². The first kappa shape index (κ1) is 14.2. The topological polar surface area (TPSA) is 29.5 Å². The van der Waals surface area contributed by atoms with Gasteiger partial charge in [0.2, 0.25) is 0 Å². The number of hydrogen-bond donors (Lipinski definition) is 1. The number of rotatable bonds is 6. The molecule has 0 aliphatic rings. The van der Waals surface area contributed by atoms with Crippen molar-refractivity contribution in [1.82, 2.24) is 0 Å². The summed E-state index contributed by atoms with van der Waals surface area (Å²) in [4.78, 5) is 0. The number of aliphatic hydroxyl groups is 1. The number of ether oxygens (including phenoxy) is 1. The third-order valence-corrected chi connectivity index (χ3v) is 3.43. The van der Waals surface area contributed by atoms with E-state index in [2.05, 4.69) is 13.8 Å². The Balaban J connectivity index is 4.54. The molecule has 0 rings (SSSR count). The van der Waals surface area contributed by atoms with Gasteiger partial charge in [-0.25, -0.2) is 0 Å². The third kappa shape index (κ3) is 3.76. The second-order valence-corrected chi connectivity index (χ2v) is 5.13. The molecule has 0 aromatic heterocycles. The van der Waals surface area contributed by atoms with Gasteiger partial charge >= 0.3 is 0 Å². The standard InChI is InChI=1S/C11H23ClO2/c1-6-11(4,9(13)7-12)8-10(2,3)14-5/h9,13H,6-8H2,1-5H3/t9-,11?/m1/s1. The molecule has 0 fully saturated rings. The normalized spacial score (nSPS) is 19.1. The van der Waals surface area contributed by atoms with Crippen molar-refractivity contribution in [3.63, 3.8) is 0 Å². The van der Waals surface area contributed by atoms with E-state index in [9.17, 15) is 5.11 Å². The molecule has 0 bridgehead atoms. The zero-order chi connectivity index (χ0) is 11.4. The lowest BCUT2D eigenvalue weighted by Crippen LogP contribution is -2.40. The van der Waals surface area contributed by atoms with E-state index in [4.69, 9.17) is 16.3 Å². The van der Waals surface area contributed by atoms with E-state index in [0.29, 0.717) is 0 Å². The first-order valence-electron chi connectivity index (χ1n) is 5.10. The van der Waals surface area contributed by atoms with Crippen LogP contribution in [0.4, 0.5) is 0 Å². The van der Waals surface area contributed by atoms with Crippen LogP contribution in [0.2, 0.25) is 0 Å². The number of halogens is 1. The van der Waals surface area contributed by atoms with E-state index >= 15 is 0 Å². The summed E-state index contributed by atoms with van der Waals surface area (Å²) in [5.74, 6) is 0.282. The maximum absolute atomic E-state index is 9.85. The SMILES string of the molecule is CCC(C)(CC(C)(C)OC)[C@H](O)CCl. The quantitative estimate of drug-likeness (QED) is 0.701. The molecule has 0 aliphatic heterocycles. The van der Waals surface area contributed by atoms with Crippen LogP contribution in [0.25, 0.3) is 0 Å². The lowest BCUT2D eigenvalue weighted by atomic mass is 9.74. The van der Waals surface area contributed by atoms with Crippen LogP contribution < -0.4 is 0 Å². The Kier molecular flexibility index (Phi) is 5.42. The lowest BCUT2D eigenvalue weighted by molar-refractivity contribution is -0.0534. The van der Waals surface area contributed by atoms with Crippen molar-refractivity contribution < 1.29 is 9.84 Å². The Morgan fingerprint density at radius 3 is 2.14 bits per heavy atom. The van der Waals surface area contributed by atoms with Gasteiger partial charge in [-0.15, -0.1) is 11.6 Å². The van der Waals surface area contributed by atoms with Crippen LogP contribution in [0.5, 0.6) is 0 Å². The summed E-state index contributed by atoms with van der Waals surface area (Å²) in [5.41, 5.74) is -0.376. The van der Waals surface area contributed by atoms with Crippen LogP contribution in [-0.2, 0) is 4.74 Å². The average molecular weight is 223 g/mol. The molecule has 0 saturated heterocycles. The molecule has 14 heavy (non-hydrogen) atoms. The van der Waals surface area contributed by atoms with Gasteiger partial charge < -0.3 is 9.84 Å². The van der Waals surface area contributed by atoms with Crippen LogP contribution in [0.3, 0.4) is 0 Å². The maximum atomic E-state index is 9.85. The molecule has 86 valence electrons. The van der Waals surface area contributed by atoms with Gasteiger partial charge in [-0.1, -0.05) is 13.8 Å². The molecule has 0 saturated carbocycles. The first-order valence-corrected chi connectivity index (χ1v) is 5.64. The molecule has 0 heterocycles. The highest BCUT2D eigenvalue weighted by atomic mass is 35.5. The third-order valence-electron chi connectivity index (χ3n) is 3.14. The van der Waals surface area contributed by atoms with E-state index < -0.39 is 6.10 Å². The molecule has 0 amide bonds. The van der Waals surface area contributed by atoms with Crippen molar-refractivity contribution in [3.8, 4) is 0 Å². The highest BCUT2D eigenvalue weighted by Crippen LogP contribution is 2.36. The van der Waals surface area contributed by atoms with Crippen molar-refractivity contribution in [2.24, 2.45) is 5.41 Å². The zero-order valence-corrected chi connectivity index (χ0v) is 10.7. The smallest absolute Gasteiger partial charge is 0.0729 e. The molecular formula is C11H23ClO2. The van der Waals surface area contributed by atoms with E-state index in [1.54, 1.807) is 7.11 Å². The van der Waals surface area contributed by atoms with E-state index in [0.717, 1.165) is 12.8 Å². The summed E-state index contributed by atoms with van der Waals surface area (Å²) in [5, 5.41) is 9.85. The van der Waals surface area contributed by atoms with E-state index in [1.165, 1.54) is 0 Å². The molecule has 0 aromatic carbocycles. The molecule has 2 atom stereocenters. The lowest BCUT2D eigenvalue weighted by Gasteiger charge is -2.39.